The summed E-state index contributed by atoms with van der Waals surface area (Å²) in [6.07, 6.45) is 3.76. The van der Waals surface area contributed by atoms with Crippen LogP contribution in [0.3, 0.4) is 0 Å². The maximum atomic E-state index is 5.54. The second kappa shape index (κ2) is 5.80. The molecule has 4 heteroatoms. The Morgan fingerprint density at radius 3 is 3.16 bits per heavy atom. The molecule has 2 aliphatic rings. The van der Waals surface area contributed by atoms with Crippen LogP contribution in [0.25, 0.3) is 0 Å². The summed E-state index contributed by atoms with van der Waals surface area (Å²) in [5.74, 6) is 1.79. The maximum absolute atomic E-state index is 5.54. The molecule has 0 amide bonds. The van der Waals surface area contributed by atoms with Crippen LogP contribution in [-0.4, -0.2) is 37.9 Å². The Bertz CT molecular complexity index is 436. The molecule has 0 bridgehead atoms. The number of rotatable bonds is 3. The van der Waals surface area contributed by atoms with Gasteiger partial charge in [-0.25, -0.2) is 0 Å². The number of ether oxygens (including phenoxy) is 2. The van der Waals surface area contributed by atoms with Gasteiger partial charge < -0.3 is 19.7 Å². The van der Waals surface area contributed by atoms with Gasteiger partial charge in [0.25, 0.3) is 0 Å². The normalized spacial score (nSPS) is 23.3. The van der Waals surface area contributed by atoms with Crippen molar-refractivity contribution in [2.75, 3.05) is 26.9 Å². The van der Waals surface area contributed by atoms with Crippen LogP contribution < -0.4 is 14.8 Å². The van der Waals surface area contributed by atoms with Crippen molar-refractivity contribution in [1.82, 2.24) is 10.2 Å². The van der Waals surface area contributed by atoms with E-state index >= 15 is 0 Å². The van der Waals surface area contributed by atoms with Gasteiger partial charge in [-0.15, -0.1) is 0 Å². The van der Waals surface area contributed by atoms with E-state index < -0.39 is 0 Å². The first-order valence-electron chi connectivity index (χ1n) is 7.12. The molecule has 0 saturated carbocycles. The Morgan fingerprint density at radius 1 is 1.26 bits per heavy atom. The zero-order valence-electron chi connectivity index (χ0n) is 11.5. The van der Waals surface area contributed by atoms with E-state index in [2.05, 4.69) is 23.3 Å². The minimum absolute atomic E-state index is 0.348. The highest BCUT2D eigenvalue weighted by atomic mass is 16.7. The Labute approximate surface area is 114 Å². The molecule has 0 radical (unpaired) electrons. The zero-order chi connectivity index (χ0) is 13.1. The molecule has 1 atom stereocenters. The van der Waals surface area contributed by atoms with Gasteiger partial charge in [-0.2, -0.15) is 0 Å². The lowest BCUT2D eigenvalue weighted by Crippen LogP contribution is -2.29. The molecule has 3 rings (SSSR count). The first kappa shape index (κ1) is 12.8. The second-order valence-electron chi connectivity index (χ2n) is 5.46. The van der Waals surface area contributed by atoms with E-state index in [1.807, 2.05) is 12.1 Å². The fourth-order valence-electron chi connectivity index (χ4n) is 2.83. The number of nitrogens with zero attached hydrogens (tertiary/aromatic N) is 1. The van der Waals surface area contributed by atoms with Crippen LogP contribution in [0.4, 0.5) is 0 Å². The van der Waals surface area contributed by atoms with E-state index in [9.17, 15) is 0 Å². The highest BCUT2D eigenvalue weighted by Crippen LogP contribution is 2.35. The summed E-state index contributed by atoms with van der Waals surface area (Å²) in [5, 5.41) is 3.67. The monoisotopic (exact) mass is 262 g/mol. The molecule has 0 spiro atoms. The molecule has 2 aliphatic heterocycles. The first-order valence-corrected chi connectivity index (χ1v) is 7.12. The van der Waals surface area contributed by atoms with Crippen molar-refractivity contribution < 1.29 is 9.47 Å². The van der Waals surface area contributed by atoms with E-state index in [4.69, 9.17) is 9.47 Å². The van der Waals surface area contributed by atoms with Crippen molar-refractivity contribution >= 4 is 0 Å². The van der Waals surface area contributed by atoms with Gasteiger partial charge in [-0.3, -0.25) is 0 Å². The lowest BCUT2D eigenvalue weighted by molar-refractivity contribution is 0.173. The van der Waals surface area contributed by atoms with E-state index in [1.165, 1.54) is 37.9 Å². The SMILES string of the molecule is CN1CCCC(NCc2cccc3c2OCO3)CC1. The lowest BCUT2D eigenvalue weighted by Gasteiger charge is -2.17. The fraction of sp³-hybridized carbons (Fsp3) is 0.600. The van der Waals surface area contributed by atoms with Gasteiger partial charge in [-0.1, -0.05) is 12.1 Å². The van der Waals surface area contributed by atoms with Crippen molar-refractivity contribution in [3.63, 3.8) is 0 Å². The topological polar surface area (TPSA) is 33.7 Å². The number of hydrogen-bond donors (Lipinski definition) is 1. The Morgan fingerprint density at radius 2 is 2.21 bits per heavy atom. The van der Waals surface area contributed by atoms with Crippen LogP contribution in [0.1, 0.15) is 24.8 Å². The Kier molecular flexibility index (Phi) is 3.89. The third-order valence-electron chi connectivity index (χ3n) is 4.01. The van der Waals surface area contributed by atoms with Crippen LogP contribution in [0.2, 0.25) is 0 Å². The van der Waals surface area contributed by atoms with Gasteiger partial charge in [0.2, 0.25) is 6.79 Å². The van der Waals surface area contributed by atoms with E-state index in [0.717, 1.165) is 18.0 Å². The predicted molar refractivity (Wildman–Crippen MR) is 74.5 cm³/mol. The average Bonchev–Trinajstić information content (AvgIpc) is 2.81. The molecular formula is C15H22N2O2. The number of hydrogen-bond acceptors (Lipinski definition) is 4. The van der Waals surface area contributed by atoms with Gasteiger partial charge in [0, 0.05) is 18.2 Å². The Balaban J connectivity index is 1.59. The number of benzene rings is 1. The fourth-order valence-corrected chi connectivity index (χ4v) is 2.83. The van der Waals surface area contributed by atoms with E-state index in [0.29, 0.717) is 12.8 Å². The molecule has 1 aromatic carbocycles. The molecule has 1 N–H and O–H groups in total. The summed E-state index contributed by atoms with van der Waals surface area (Å²) < 4.78 is 10.9. The largest absolute Gasteiger partial charge is 0.454 e. The highest BCUT2D eigenvalue weighted by molar-refractivity contribution is 5.48. The minimum atomic E-state index is 0.348. The van der Waals surface area contributed by atoms with E-state index in [-0.39, 0.29) is 0 Å². The van der Waals surface area contributed by atoms with Gasteiger partial charge in [0.15, 0.2) is 11.5 Å². The summed E-state index contributed by atoms with van der Waals surface area (Å²) in [7, 11) is 2.21. The summed E-state index contributed by atoms with van der Waals surface area (Å²) in [4.78, 5) is 2.42. The second-order valence-corrected chi connectivity index (χ2v) is 5.46. The number of likely N-dealkylation sites (tertiary alicyclic amines) is 1. The molecule has 1 fully saturated rings. The molecule has 1 saturated heterocycles. The highest BCUT2D eigenvalue weighted by Gasteiger charge is 2.19. The lowest BCUT2D eigenvalue weighted by atomic mass is 10.1. The van der Waals surface area contributed by atoms with Crippen molar-refractivity contribution in [2.45, 2.75) is 31.8 Å². The van der Waals surface area contributed by atoms with Gasteiger partial charge >= 0.3 is 0 Å². The van der Waals surface area contributed by atoms with E-state index in [1.54, 1.807) is 0 Å². The number of fused-ring (bicyclic) bond motifs is 1. The molecule has 4 nitrogen and oxygen atoms in total. The van der Waals surface area contributed by atoms with Crippen molar-refractivity contribution in [2.24, 2.45) is 0 Å². The molecule has 104 valence electrons. The predicted octanol–water partition coefficient (Wildman–Crippen LogP) is 1.99. The molecule has 0 aliphatic carbocycles. The summed E-state index contributed by atoms with van der Waals surface area (Å²) in [6.45, 7) is 3.61. The van der Waals surface area contributed by atoms with Crippen LogP contribution in [-0.2, 0) is 6.54 Å². The standard InChI is InChI=1S/C15H22N2O2/c1-17-8-3-5-13(7-9-17)16-10-12-4-2-6-14-15(12)19-11-18-14/h2,4,6,13,16H,3,5,7-11H2,1H3. The molecular weight excluding hydrogens is 240 g/mol. The van der Waals surface area contributed by atoms with Crippen molar-refractivity contribution in [3.8, 4) is 11.5 Å². The van der Waals surface area contributed by atoms with Gasteiger partial charge in [0.05, 0.1) is 0 Å². The molecule has 0 aromatic heterocycles. The summed E-state index contributed by atoms with van der Waals surface area (Å²) >= 11 is 0. The number of para-hydroxylation sites is 1. The van der Waals surface area contributed by atoms with Crippen LogP contribution in [0.5, 0.6) is 11.5 Å². The van der Waals surface area contributed by atoms with Crippen LogP contribution in [0, 0.1) is 0 Å². The third-order valence-corrected chi connectivity index (χ3v) is 4.01. The zero-order valence-corrected chi connectivity index (χ0v) is 11.5. The maximum Gasteiger partial charge on any atom is 0.231 e. The molecule has 19 heavy (non-hydrogen) atoms. The quantitative estimate of drug-likeness (QED) is 0.903. The molecule has 2 heterocycles. The summed E-state index contributed by atoms with van der Waals surface area (Å²) in [6, 6.07) is 6.73. The van der Waals surface area contributed by atoms with Crippen molar-refractivity contribution in [1.29, 1.82) is 0 Å². The minimum Gasteiger partial charge on any atom is -0.454 e. The number of nitrogens with one attached hydrogen (secondary N) is 1. The van der Waals surface area contributed by atoms with Crippen LogP contribution in [0.15, 0.2) is 18.2 Å². The van der Waals surface area contributed by atoms with Gasteiger partial charge in [0.1, 0.15) is 0 Å². The van der Waals surface area contributed by atoms with Crippen molar-refractivity contribution in [3.05, 3.63) is 23.8 Å². The Hall–Kier alpha value is -1.26. The first-order chi connectivity index (χ1) is 9.33. The summed E-state index contributed by atoms with van der Waals surface area (Å²) in [5.41, 5.74) is 1.20. The van der Waals surface area contributed by atoms with Gasteiger partial charge in [-0.05, 0) is 45.5 Å². The average molecular weight is 262 g/mol. The molecule has 1 unspecified atom stereocenters. The molecule has 1 aromatic rings. The van der Waals surface area contributed by atoms with Crippen LogP contribution >= 0.6 is 0 Å². The third kappa shape index (κ3) is 3.01. The smallest absolute Gasteiger partial charge is 0.231 e.